The van der Waals surface area contributed by atoms with Crippen molar-refractivity contribution in [3.8, 4) is 0 Å². The fourth-order valence-electron chi connectivity index (χ4n) is 4.28. The Morgan fingerprint density at radius 2 is 2.04 bits per heavy atom. The van der Waals surface area contributed by atoms with Gasteiger partial charge >= 0.3 is 0 Å². The normalized spacial score (nSPS) is 19.9. The average molecular weight is 369 g/mol. The van der Waals surface area contributed by atoms with Gasteiger partial charge in [0.05, 0.1) is 18.6 Å². The Morgan fingerprint density at radius 1 is 1.22 bits per heavy atom. The number of ether oxygens (including phenoxy) is 1. The summed E-state index contributed by atoms with van der Waals surface area (Å²) in [6, 6.07) is 8.26. The van der Waals surface area contributed by atoms with Crippen molar-refractivity contribution in [2.45, 2.75) is 44.1 Å². The number of piperidine rings is 1. The second kappa shape index (κ2) is 7.72. The fourth-order valence-corrected chi connectivity index (χ4v) is 4.28. The zero-order valence-corrected chi connectivity index (χ0v) is 15.6. The van der Waals surface area contributed by atoms with Crippen LogP contribution in [0.5, 0.6) is 0 Å². The SMILES string of the molecule is O=C1CC2(CCN(C(=O)CCCc3c[nH]c4ccccc34)CC2)OCCN1. The Morgan fingerprint density at radius 3 is 2.89 bits per heavy atom. The maximum atomic E-state index is 12.6. The van der Waals surface area contributed by atoms with E-state index in [4.69, 9.17) is 4.74 Å². The van der Waals surface area contributed by atoms with Gasteiger partial charge in [-0.05, 0) is 37.3 Å². The van der Waals surface area contributed by atoms with Gasteiger partial charge in [0.25, 0.3) is 0 Å². The lowest BCUT2D eigenvalue weighted by Gasteiger charge is -2.40. The maximum Gasteiger partial charge on any atom is 0.222 e. The van der Waals surface area contributed by atoms with Crippen LogP contribution in [-0.2, 0) is 20.7 Å². The van der Waals surface area contributed by atoms with Gasteiger partial charge in [0.2, 0.25) is 11.8 Å². The molecule has 1 spiro atoms. The van der Waals surface area contributed by atoms with E-state index in [2.05, 4.69) is 22.4 Å². The van der Waals surface area contributed by atoms with Crippen LogP contribution in [-0.4, -0.2) is 53.5 Å². The zero-order valence-electron chi connectivity index (χ0n) is 15.6. The minimum absolute atomic E-state index is 0.0611. The minimum Gasteiger partial charge on any atom is -0.372 e. The molecule has 2 fully saturated rings. The molecule has 0 unspecified atom stereocenters. The molecule has 0 aliphatic carbocycles. The lowest BCUT2D eigenvalue weighted by Crippen LogP contribution is -2.48. The number of likely N-dealkylation sites (tertiary alicyclic amines) is 1. The third kappa shape index (κ3) is 4.00. The number of carbonyl (C=O) groups is 2. The third-order valence-electron chi connectivity index (χ3n) is 5.85. The molecule has 2 N–H and O–H groups in total. The first kappa shape index (κ1) is 18.0. The highest BCUT2D eigenvalue weighted by atomic mass is 16.5. The van der Waals surface area contributed by atoms with Crippen molar-refractivity contribution in [3.63, 3.8) is 0 Å². The van der Waals surface area contributed by atoms with E-state index < -0.39 is 0 Å². The number of aromatic nitrogens is 1. The summed E-state index contributed by atoms with van der Waals surface area (Å²) in [6.07, 6.45) is 6.26. The van der Waals surface area contributed by atoms with Crippen LogP contribution >= 0.6 is 0 Å². The number of benzene rings is 1. The van der Waals surface area contributed by atoms with Crippen LogP contribution < -0.4 is 5.32 Å². The van der Waals surface area contributed by atoms with E-state index >= 15 is 0 Å². The second-order valence-corrected chi connectivity index (χ2v) is 7.65. The van der Waals surface area contributed by atoms with E-state index in [0.717, 1.165) is 31.2 Å². The number of carbonyl (C=O) groups excluding carboxylic acids is 2. The second-order valence-electron chi connectivity index (χ2n) is 7.65. The predicted molar refractivity (Wildman–Crippen MR) is 103 cm³/mol. The molecule has 27 heavy (non-hydrogen) atoms. The van der Waals surface area contributed by atoms with Crippen molar-refractivity contribution >= 4 is 22.7 Å². The number of amides is 2. The summed E-state index contributed by atoms with van der Waals surface area (Å²) in [5, 5.41) is 4.10. The first-order chi connectivity index (χ1) is 13.2. The number of hydrogen-bond donors (Lipinski definition) is 2. The fraction of sp³-hybridized carbons (Fsp3) is 0.524. The van der Waals surface area contributed by atoms with Crippen LogP contribution in [0.2, 0.25) is 0 Å². The van der Waals surface area contributed by atoms with Crippen molar-refractivity contribution in [1.29, 1.82) is 0 Å². The van der Waals surface area contributed by atoms with E-state index in [1.807, 2.05) is 23.2 Å². The molecule has 4 rings (SSSR count). The van der Waals surface area contributed by atoms with Crippen molar-refractivity contribution < 1.29 is 14.3 Å². The Hall–Kier alpha value is -2.34. The lowest BCUT2D eigenvalue weighted by atomic mass is 9.87. The monoisotopic (exact) mass is 369 g/mol. The van der Waals surface area contributed by atoms with Crippen LogP contribution in [0.15, 0.2) is 30.5 Å². The Labute approximate surface area is 159 Å². The maximum absolute atomic E-state index is 12.6. The predicted octanol–water partition coefficient (Wildman–Crippen LogP) is 2.39. The van der Waals surface area contributed by atoms with E-state index in [9.17, 15) is 9.59 Å². The van der Waals surface area contributed by atoms with Gasteiger partial charge in [-0.25, -0.2) is 0 Å². The first-order valence-electron chi connectivity index (χ1n) is 9.89. The smallest absolute Gasteiger partial charge is 0.222 e. The van der Waals surface area contributed by atoms with Gasteiger partial charge < -0.3 is 19.9 Å². The van der Waals surface area contributed by atoms with E-state index in [1.54, 1.807) is 0 Å². The number of H-pyrrole nitrogens is 1. The molecule has 3 heterocycles. The van der Waals surface area contributed by atoms with Gasteiger partial charge in [0.1, 0.15) is 0 Å². The molecule has 2 aliphatic heterocycles. The summed E-state index contributed by atoms with van der Waals surface area (Å²) >= 11 is 0. The lowest BCUT2D eigenvalue weighted by molar-refractivity contribution is -0.140. The topological polar surface area (TPSA) is 74.4 Å². The van der Waals surface area contributed by atoms with Crippen molar-refractivity contribution in [3.05, 3.63) is 36.0 Å². The molecule has 2 amide bonds. The van der Waals surface area contributed by atoms with Crippen LogP contribution in [0.4, 0.5) is 0 Å². The highest BCUT2D eigenvalue weighted by Crippen LogP contribution is 2.31. The van der Waals surface area contributed by atoms with Gasteiger partial charge in [-0.3, -0.25) is 9.59 Å². The Kier molecular flexibility index (Phi) is 5.16. The van der Waals surface area contributed by atoms with E-state index in [0.29, 0.717) is 39.1 Å². The quantitative estimate of drug-likeness (QED) is 0.869. The van der Waals surface area contributed by atoms with Crippen LogP contribution in [0.3, 0.4) is 0 Å². The number of aromatic amines is 1. The standard InChI is InChI=1S/C21H27N3O3/c25-19-14-21(27-13-10-22-19)8-11-24(12-9-21)20(26)7-3-4-16-15-23-18-6-2-1-5-17(16)18/h1-2,5-6,15,23H,3-4,7-14H2,(H,22,25). The molecule has 1 aromatic carbocycles. The number of aryl methyl sites for hydroxylation is 1. The van der Waals surface area contributed by atoms with E-state index in [1.165, 1.54) is 10.9 Å². The van der Waals surface area contributed by atoms with Gasteiger partial charge in [0.15, 0.2) is 0 Å². The van der Waals surface area contributed by atoms with Crippen molar-refractivity contribution in [2.24, 2.45) is 0 Å². The molecule has 6 nitrogen and oxygen atoms in total. The van der Waals surface area contributed by atoms with Gasteiger partial charge in [-0.1, -0.05) is 18.2 Å². The molecule has 2 aliphatic rings. The first-order valence-corrected chi connectivity index (χ1v) is 9.89. The molecule has 1 aromatic heterocycles. The molecule has 0 radical (unpaired) electrons. The summed E-state index contributed by atoms with van der Waals surface area (Å²) < 4.78 is 5.98. The summed E-state index contributed by atoms with van der Waals surface area (Å²) in [5.41, 5.74) is 2.04. The number of rotatable bonds is 4. The molecule has 0 bridgehead atoms. The molecule has 2 aromatic rings. The number of nitrogens with one attached hydrogen (secondary N) is 2. The summed E-state index contributed by atoms with van der Waals surface area (Å²) in [5.74, 6) is 0.272. The summed E-state index contributed by atoms with van der Waals surface area (Å²) in [6.45, 7) is 2.50. The highest BCUT2D eigenvalue weighted by molar-refractivity contribution is 5.83. The minimum atomic E-state index is -0.374. The zero-order chi connectivity index (χ0) is 18.7. The number of nitrogens with zero attached hydrogens (tertiary/aromatic N) is 1. The van der Waals surface area contributed by atoms with Crippen molar-refractivity contribution in [1.82, 2.24) is 15.2 Å². The number of fused-ring (bicyclic) bond motifs is 1. The van der Waals surface area contributed by atoms with E-state index in [-0.39, 0.29) is 17.4 Å². The molecule has 0 saturated carbocycles. The molecule has 144 valence electrons. The van der Waals surface area contributed by atoms with Crippen molar-refractivity contribution in [2.75, 3.05) is 26.2 Å². The van der Waals surface area contributed by atoms with Gasteiger partial charge in [0, 0.05) is 43.2 Å². The molecule has 6 heteroatoms. The highest BCUT2D eigenvalue weighted by Gasteiger charge is 2.39. The van der Waals surface area contributed by atoms with Gasteiger partial charge in [-0.2, -0.15) is 0 Å². The molecule has 0 atom stereocenters. The number of para-hydroxylation sites is 1. The van der Waals surface area contributed by atoms with Crippen LogP contribution in [0, 0.1) is 0 Å². The average Bonchev–Trinajstić information content (AvgIpc) is 3.00. The Balaban J connectivity index is 1.26. The molecule has 2 saturated heterocycles. The largest absolute Gasteiger partial charge is 0.372 e. The van der Waals surface area contributed by atoms with Crippen LogP contribution in [0.1, 0.15) is 37.7 Å². The molecular formula is C21H27N3O3. The molecular weight excluding hydrogens is 342 g/mol. The third-order valence-corrected chi connectivity index (χ3v) is 5.85. The Bertz CT molecular complexity index is 821. The summed E-state index contributed by atoms with van der Waals surface area (Å²) in [4.78, 5) is 29.7. The summed E-state index contributed by atoms with van der Waals surface area (Å²) in [7, 11) is 0. The van der Waals surface area contributed by atoms with Gasteiger partial charge in [-0.15, -0.1) is 0 Å². The number of hydrogen-bond acceptors (Lipinski definition) is 3. The van der Waals surface area contributed by atoms with Crippen LogP contribution in [0.25, 0.3) is 10.9 Å².